The first-order valence-corrected chi connectivity index (χ1v) is 11.6. The average molecular weight is 435 g/mol. The minimum atomic E-state index is -3.62. The van der Waals surface area contributed by atoms with Crippen LogP contribution < -0.4 is 19.1 Å². The number of rotatable bonds is 10. The topological polar surface area (TPSA) is 84.9 Å². The Bertz CT molecular complexity index is 975. The highest BCUT2D eigenvalue weighted by Crippen LogP contribution is 2.28. The Morgan fingerprint density at radius 1 is 1.10 bits per heavy atom. The summed E-state index contributed by atoms with van der Waals surface area (Å²) >= 11 is 0. The maximum Gasteiger partial charge on any atom is 0.243 e. The zero-order valence-corrected chi connectivity index (χ0v) is 19.0. The fourth-order valence-corrected chi connectivity index (χ4v) is 4.43. The number of amides is 1. The van der Waals surface area contributed by atoms with Crippen LogP contribution >= 0.6 is 0 Å². The van der Waals surface area contributed by atoms with E-state index in [1.54, 1.807) is 39.3 Å². The Morgan fingerprint density at radius 2 is 1.80 bits per heavy atom. The molecule has 1 N–H and O–H groups in total. The van der Waals surface area contributed by atoms with Crippen molar-refractivity contribution in [2.75, 3.05) is 31.3 Å². The molecule has 0 saturated carbocycles. The number of anilines is 1. The highest BCUT2D eigenvalue weighted by molar-refractivity contribution is 7.92. The van der Waals surface area contributed by atoms with E-state index in [9.17, 15) is 13.2 Å². The lowest BCUT2D eigenvalue weighted by atomic mass is 10.1. The number of nitrogens with one attached hydrogen (secondary N) is 1. The second kappa shape index (κ2) is 10.3. The van der Waals surface area contributed by atoms with Gasteiger partial charge in [0.15, 0.2) is 11.5 Å². The summed E-state index contributed by atoms with van der Waals surface area (Å²) < 4.78 is 36.4. The van der Waals surface area contributed by atoms with Gasteiger partial charge in [-0.05, 0) is 62.1 Å². The zero-order chi connectivity index (χ0) is 22.3. The van der Waals surface area contributed by atoms with Crippen molar-refractivity contribution in [1.82, 2.24) is 5.32 Å². The Morgan fingerprint density at radius 3 is 2.40 bits per heavy atom. The molecule has 1 atom stereocenters. The number of carbonyl (C=O) groups is 1. The SMILES string of the molecule is COc1ccc(CCCNC(=O)[C@@H](C)N(c2cccc(C)c2)S(C)(=O)=O)cc1OC. The normalized spacial score (nSPS) is 12.2. The second-order valence-electron chi connectivity index (χ2n) is 7.16. The van der Waals surface area contributed by atoms with E-state index in [4.69, 9.17) is 9.47 Å². The first-order valence-electron chi connectivity index (χ1n) is 9.72. The van der Waals surface area contributed by atoms with Crippen LogP contribution in [0.2, 0.25) is 0 Å². The van der Waals surface area contributed by atoms with Crippen molar-refractivity contribution in [3.63, 3.8) is 0 Å². The van der Waals surface area contributed by atoms with E-state index in [2.05, 4.69) is 5.32 Å². The van der Waals surface area contributed by atoms with Crippen molar-refractivity contribution in [3.05, 3.63) is 53.6 Å². The van der Waals surface area contributed by atoms with Crippen molar-refractivity contribution in [2.45, 2.75) is 32.7 Å². The van der Waals surface area contributed by atoms with Crippen LogP contribution in [0.5, 0.6) is 11.5 Å². The number of aryl methyl sites for hydroxylation is 2. The van der Waals surface area contributed by atoms with Gasteiger partial charge in [-0.25, -0.2) is 8.42 Å². The third kappa shape index (κ3) is 6.13. The van der Waals surface area contributed by atoms with E-state index >= 15 is 0 Å². The lowest BCUT2D eigenvalue weighted by Crippen LogP contribution is -2.48. The summed E-state index contributed by atoms with van der Waals surface area (Å²) in [6.45, 7) is 3.90. The number of hydrogen-bond donors (Lipinski definition) is 1. The summed E-state index contributed by atoms with van der Waals surface area (Å²) in [7, 11) is -0.444. The van der Waals surface area contributed by atoms with Gasteiger partial charge in [-0.1, -0.05) is 18.2 Å². The summed E-state index contributed by atoms with van der Waals surface area (Å²) in [5.41, 5.74) is 2.46. The van der Waals surface area contributed by atoms with Crippen LogP contribution in [0.25, 0.3) is 0 Å². The van der Waals surface area contributed by atoms with Gasteiger partial charge in [-0.3, -0.25) is 9.10 Å². The third-order valence-corrected chi connectivity index (χ3v) is 5.98. The number of carbonyl (C=O) groups excluding carboxylic acids is 1. The van der Waals surface area contributed by atoms with E-state index in [1.165, 1.54) is 0 Å². The van der Waals surface area contributed by atoms with Gasteiger partial charge in [-0.15, -0.1) is 0 Å². The molecule has 2 aromatic rings. The number of benzene rings is 2. The summed E-state index contributed by atoms with van der Waals surface area (Å²) in [6, 6.07) is 11.9. The number of methoxy groups -OCH3 is 2. The number of ether oxygens (including phenoxy) is 2. The summed E-state index contributed by atoms with van der Waals surface area (Å²) in [5, 5.41) is 2.84. The molecule has 0 bridgehead atoms. The molecular weight excluding hydrogens is 404 g/mol. The predicted octanol–water partition coefficient (Wildman–Crippen LogP) is 2.92. The smallest absolute Gasteiger partial charge is 0.243 e. The van der Waals surface area contributed by atoms with E-state index in [0.717, 1.165) is 28.1 Å². The van der Waals surface area contributed by atoms with Crippen LogP contribution in [0.15, 0.2) is 42.5 Å². The molecule has 0 aliphatic carbocycles. The number of sulfonamides is 1. The quantitative estimate of drug-likeness (QED) is 0.581. The molecule has 0 saturated heterocycles. The van der Waals surface area contributed by atoms with Crippen LogP contribution in [0, 0.1) is 6.92 Å². The van der Waals surface area contributed by atoms with Gasteiger partial charge in [0.1, 0.15) is 6.04 Å². The molecule has 8 heteroatoms. The maximum atomic E-state index is 12.6. The molecule has 0 unspecified atom stereocenters. The van der Waals surface area contributed by atoms with Crippen molar-refractivity contribution in [3.8, 4) is 11.5 Å². The third-order valence-electron chi connectivity index (χ3n) is 4.73. The van der Waals surface area contributed by atoms with Gasteiger partial charge in [0.2, 0.25) is 15.9 Å². The molecule has 2 aromatic carbocycles. The van der Waals surface area contributed by atoms with Gasteiger partial charge in [0.25, 0.3) is 0 Å². The van der Waals surface area contributed by atoms with Crippen LogP contribution in [0.1, 0.15) is 24.5 Å². The Hall–Kier alpha value is -2.74. The number of hydrogen-bond acceptors (Lipinski definition) is 5. The molecule has 0 aromatic heterocycles. The predicted molar refractivity (Wildman–Crippen MR) is 119 cm³/mol. The molecule has 0 aliphatic heterocycles. The van der Waals surface area contributed by atoms with Crippen molar-refractivity contribution in [1.29, 1.82) is 0 Å². The molecule has 0 heterocycles. The van der Waals surface area contributed by atoms with Crippen LogP contribution in [0.4, 0.5) is 5.69 Å². The highest BCUT2D eigenvalue weighted by atomic mass is 32.2. The minimum absolute atomic E-state index is 0.339. The van der Waals surface area contributed by atoms with Crippen LogP contribution in [-0.2, 0) is 21.2 Å². The maximum absolute atomic E-state index is 12.6. The van der Waals surface area contributed by atoms with Gasteiger partial charge >= 0.3 is 0 Å². The molecule has 0 fully saturated rings. The van der Waals surface area contributed by atoms with E-state index in [1.807, 2.05) is 31.2 Å². The van der Waals surface area contributed by atoms with Gasteiger partial charge in [0, 0.05) is 6.54 Å². The van der Waals surface area contributed by atoms with E-state index < -0.39 is 16.1 Å². The second-order valence-corrected chi connectivity index (χ2v) is 9.02. The molecule has 2 rings (SSSR count). The van der Waals surface area contributed by atoms with Gasteiger partial charge in [-0.2, -0.15) is 0 Å². The Kier molecular flexibility index (Phi) is 8.11. The van der Waals surface area contributed by atoms with Crippen LogP contribution in [0.3, 0.4) is 0 Å². The fraction of sp³-hybridized carbons (Fsp3) is 0.409. The molecule has 7 nitrogen and oxygen atoms in total. The average Bonchev–Trinajstić information content (AvgIpc) is 2.69. The highest BCUT2D eigenvalue weighted by Gasteiger charge is 2.28. The Labute approximate surface area is 179 Å². The molecule has 0 aliphatic rings. The molecule has 0 radical (unpaired) electrons. The first-order chi connectivity index (χ1) is 14.2. The molecule has 1 amide bonds. The minimum Gasteiger partial charge on any atom is -0.493 e. The lowest BCUT2D eigenvalue weighted by molar-refractivity contribution is -0.121. The molecule has 164 valence electrons. The summed E-state index contributed by atoms with van der Waals surface area (Å²) in [5.74, 6) is 0.990. The zero-order valence-electron chi connectivity index (χ0n) is 18.1. The lowest BCUT2D eigenvalue weighted by Gasteiger charge is -2.28. The number of nitrogens with zero attached hydrogens (tertiary/aromatic N) is 1. The Balaban J connectivity index is 1.97. The monoisotopic (exact) mass is 434 g/mol. The molecule has 0 spiro atoms. The van der Waals surface area contributed by atoms with Crippen molar-refractivity contribution >= 4 is 21.6 Å². The summed E-state index contributed by atoms with van der Waals surface area (Å²) in [6.07, 6.45) is 2.55. The summed E-state index contributed by atoms with van der Waals surface area (Å²) in [4.78, 5) is 12.6. The van der Waals surface area contributed by atoms with Gasteiger partial charge < -0.3 is 14.8 Å². The van der Waals surface area contributed by atoms with Crippen LogP contribution in [-0.4, -0.2) is 47.4 Å². The first kappa shape index (κ1) is 23.5. The molecule has 30 heavy (non-hydrogen) atoms. The van der Waals surface area contributed by atoms with E-state index in [0.29, 0.717) is 30.2 Å². The van der Waals surface area contributed by atoms with E-state index in [-0.39, 0.29) is 5.91 Å². The fourth-order valence-electron chi connectivity index (χ4n) is 3.26. The largest absolute Gasteiger partial charge is 0.493 e. The van der Waals surface area contributed by atoms with Crippen molar-refractivity contribution in [2.24, 2.45) is 0 Å². The molecular formula is C22H30N2O5S. The van der Waals surface area contributed by atoms with Gasteiger partial charge in [0.05, 0.1) is 26.2 Å². The van der Waals surface area contributed by atoms with Crippen molar-refractivity contribution < 1.29 is 22.7 Å². The standard InChI is InChI=1S/C22H30N2O5S/c1-16-8-6-10-19(14-16)24(30(5,26)27)17(2)22(25)23-13-7-9-18-11-12-20(28-3)21(15-18)29-4/h6,8,10-12,14-15,17H,7,9,13H2,1-5H3,(H,23,25)/t17-/m1/s1.